The summed E-state index contributed by atoms with van der Waals surface area (Å²) in [5, 5.41) is 22.2. The lowest BCUT2D eigenvalue weighted by Crippen LogP contribution is -2.37. The number of aliphatic hydroxyl groups excluding tert-OH is 1. The highest BCUT2D eigenvalue weighted by atomic mass is 19.1. The van der Waals surface area contributed by atoms with Crippen molar-refractivity contribution >= 4 is 5.69 Å². The SMILES string of the molecule is CC(NCCCC(C)(C)C#N)c1cc(F)ccc1N1CCC(O)CC1. The second-order valence-corrected chi connectivity index (χ2v) is 7.70. The summed E-state index contributed by atoms with van der Waals surface area (Å²) < 4.78 is 13.8. The molecule has 0 radical (unpaired) electrons. The molecular weight excluding hydrogens is 317 g/mol. The molecule has 1 aromatic carbocycles. The number of hydrogen-bond donors (Lipinski definition) is 2. The predicted octanol–water partition coefficient (Wildman–Crippen LogP) is 3.77. The molecule has 0 bridgehead atoms. The van der Waals surface area contributed by atoms with E-state index in [0.29, 0.717) is 0 Å². The molecule has 1 saturated heterocycles. The lowest BCUT2D eigenvalue weighted by molar-refractivity contribution is 0.145. The monoisotopic (exact) mass is 347 g/mol. The van der Waals surface area contributed by atoms with Gasteiger partial charge in [0.2, 0.25) is 0 Å². The van der Waals surface area contributed by atoms with Crippen LogP contribution in [0.25, 0.3) is 0 Å². The van der Waals surface area contributed by atoms with E-state index in [4.69, 9.17) is 5.26 Å². The van der Waals surface area contributed by atoms with Crippen molar-refractivity contribution in [2.75, 3.05) is 24.5 Å². The summed E-state index contributed by atoms with van der Waals surface area (Å²) in [4.78, 5) is 2.23. The van der Waals surface area contributed by atoms with Crippen molar-refractivity contribution in [1.29, 1.82) is 5.26 Å². The Morgan fingerprint density at radius 3 is 2.72 bits per heavy atom. The Kier molecular flexibility index (Phi) is 6.80. The van der Waals surface area contributed by atoms with Crippen molar-refractivity contribution in [2.24, 2.45) is 5.41 Å². The fraction of sp³-hybridized carbons (Fsp3) is 0.650. The van der Waals surface area contributed by atoms with Crippen LogP contribution in [0.15, 0.2) is 18.2 Å². The van der Waals surface area contributed by atoms with Crippen LogP contribution in [0.1, 0.15) is 58.1 Å². The molecule has 2 rings (SSSR count). The van der Waals surface area contributed by atoms with Crippen LogP contribution >= 0.6 is 0 Å². The number of hydrogen-bond acceptors (Lipinski definition) is 4. The van der Waals surface area contributed by atoms with Crippen LogP contribution < -0.4 is 10.2 Å². The fourth-order valence-corrected chi connectivity index (χ4v) is 3.28. The van der Waals surface area contributed by atoms with Gasteiger partial charge in [-0.3, -0.25) is 0 Å². The molecule has 0 amide bonds. The Hall–Kier alpha value is -1.64. The molecule has 4 nitrogen and oxygen atoms in total. The molecule has 0 saturated carbocycles. The van der Waals surface area contributed by atoms with E-state index in [1.54, 1.807) is 6.07 Å². The minimum absolute atomic E-state index is 0.0303. The van der Waals surface area contributed by atoms with Crippen LogP contribution in [0.2, 0.25) is 0 Å². The minimum atomic E-state index is -0.302. The maximum Gasteiger partial charge on any atom is 0.123 e. The summed E-state index contributed by atoms with van der Waals surface area (Å²) in [7, 11) is 0. The van der Waals surface area contributed by atoms with E-state index >= 15 is 0 Å². The second kappa shape index (κ2) is 8.64. The van der Waals surface area contributed by atoms with E-state index in [-0.39, 0.29) is 23.4 Å². The Balaban J connectivity index is 1.99. The predicted molar refractivity (Wildman–Crippen MR) is 98.9 cm³/mol. The van der Waals surface area contributed by atoms with Crippen LogP contribution in [-0.2, 0) is 0 Å². The Morgan fingerprint density at radius 1 is 1.40 bits per heavy atom. The molecule has 1 aliphatic heterocycles. The summed E-state index contributed by atoms with van der Waals surface area (Å²) in [6.45, 7) is 8.33. The maximum atomic E-state index is 13.8. The molecule has 1 aliphatic rings. The van der Waals surface area contributed by atoms with Crippen LogP contribution in [0.4, 0.5) is 10.1 Å². The average molecular weight is 347 g/mol. The number of nitriles is 1. The van der Waals surface area contributed by atoms with Crippen LogP contribution in [-0.4, -0.2) is 30.8 Å². The number of anilines is 1. The smallest absolute Gasteiger partial charge is 0.123 e. The molecule has 1 fully saturated rings. The molecule has 138 valence electrons. The highest BCUT2D eigenvalue weighted by Crippen LogP contribution is 2.30. The average Bonchev–Trinajstić information content (AvgIpc) is 2.59. The number of rotatable bonds is 7. The summed E-state index contributed by atoms with van der Waals surface area (Å²) in [6, 6.07) is 7.31. The number of nitrogens with zero attached hydrogens (tertiary/aromatic N) is 2. The third-order valence-electron chi connectivity index (χ3n) is 4.99. The van der Waals surface area contributed by atoms with E-state index in [2.05, 4.69) is 16.3 Å². The normalized spacial score (nSPS) is 17.4. The van der Waals surface area contributed by atoms with Gasteiger partial charge in [0.25, 0.3) is 0 Å². The van der Waals surface area contributed by atoms with Crippen LogP contribution in [0, 0.1) is 22.6 Å². The molecule has 1 heterocycles. The number of piperidine rings is 1. The first-order chi connectivity index (χ1) is 11.8. The molecular formula is C20H30FN3O. The van der Waals surface area contributed by atoms with Crippen molar-refractivity contribution in [1.82, 2.24) is 5.32 Å². The molecule has 1 unspecified atom stereocenters. The Morgan fingerprint density at radius 2 is 2.08 bits per heavy atom. The quantitative estimate of drug-likeness (QED) is 0.737. The minimum Gasteiger partial charge on any atom is -0.393 e. The second-order valence-electron chi connectivity index (χ2n) is 7.70. The topological polar surface area (TPSA) is 59.3 Å². The van der Waals surface area contributed by atoms with Crippen LogP contribution in [0.5, 0.6) is 0 Å². The first-order valence-electron chi connectivity index (χ1n) is 9.19. The summed E-state index contributed by atoms with van der Waals surface area (Å²) in [5.74, 6) is -0.227. The van der Waals surface area contributed by atoms with Gasteiger partial charge in [0, 0.05) is 24.8 Å². The Labute approximate surface area is 150 Å². The zero-order valence-electron chi connectivity index (χ0n) is 15.6. The molecule has 1 atom stereocenters. The van der Waals surface area contributed by atoms with E-state index in [0.717, 1.165) is 56.6 Å². The van der Waals surface area contributed by atoms with E-state index < -0.39 is 0 Å². The molecule has 25 heavy (non-hydrogen) atoms. The van der Waals surface area contributed by atoms with Gasteiger partial charge in [-0.2, -0.15) is 5.26 Å². The Bertz CT molecular complexity index is 603. The maximum absolute atomic E-state index is 13.8. The molecule has 1 aromatic rings. The number of nitrogens with one attached hydrogen (secondary N) is 1. The van der Waals surface area contributed by atoms with Crippen molar-refractivity contribution < 1.29 is 9.50 Å². The molecule has 0 aromatic heterocycles. The van der Waals surface area contributed by atoms with Crippen molar-refractivity contribution in [3.8, 4) is 6.07 Å². The fourth-order valence-electron chi connectivity index (χ4n) is 3.28. The van der Waals surface area contributed by atoms with Crippen LogP contribution in [0.3, 0.4) is 0 Å². The van der Waals surface area contributed by atoms with Gasteiger partial charge < -0.3 is 15.3 Å². The van der Waals surface area contributed by atoms with Gasteiger partial charge in [-0.25, -0.2) is 4.39 Å². The zero-order valence-corrected chi connectivity index (χ0v) is 15.6. The first-order valence-corrected chi connectivity index (χ1v) is 9.19. The van der Waals surface area contributed by atoms with Gasteiger partial charge >= 0.3 is 0 Å². The highest BCUT2D eigenvalue weighted by Gasteiger charge is 2.22. The van der Waals surface area contributed by atoms with E-state index in [9.17, 15) is 9.50 Å². The van der Waals surface area contributed by atoms with E-state index in [1.165, 1.54) is 6.07 Å². The van der Waals surface area contributed by atoms with E-state index in [1.807, 2.05) is 26.8 Å². The van der Waals surface area contributed by atoms with Gasteiger partial charge in [0.15, 0.2) is 0 Å². The number of benzene rings is 1. The molecule has 5 heteroatoms. The standard InChI is InChI=1S/C20H30FN3O/c1-15(23-10-4-9-20(2,3)14-22)18-13-16(21)5-6-19(18)24-11-7-17(25)8-12-24/h5-6,13,15,17,23,25H,4,7-12H2,1-3H3. The lowest BCUT2D eigenvalue weighted by atomic mass is 9.90. The summed E-state index contributed by atoms with van der Waals surface area (Å²) >= 11 is 0. The van der Waals surface area contributed by atoms with Gasteiger partial charge in [0.05, 0.1) is 17.6 Å². The van der Waals surface area contributed by atoms with Gasteiger partial charge in [-0.05, 0) is 76.8 Å². The number of halogens is 1. The van der Waals surface area contributed by atoms with Crippen molar-refractivity contribution in [3.63, 3.8) is 0 Å². The van der Waals surface area contributed by atoms with Crippen molar-refractivity contribution in [2.45, 2.75) is 58.6 Å². The largest absolute Gasteiger partial charge is 0.393 e. The lowest BCUT2D eigenvalue weighted by Gasteiger charge is -2.34. The molecule has 0 aliphatic carbocycles. The first kappa shape index (κ1) is 19.7. The van der Waals surface area contributed by atoms with Gasteiger partial charge in [0.1, 0.15) is 5.82 Å². The number of aliphatic hydroxyl groups is 1. The third kappa shape index (κ3) is 5.69. The van der Waals surface area contributed by atoms with Crippen molar-refractivity contribution in [3.05, 3.63) is 29.6 Å². The summed E-state index contributed by atoms with van der Waals surface area (Å²) in [5.41, 5.74) is 1.70. The van der Waals surface area contributed by atoms with Gasteiger partial charge in [-0.1, -0.05) is 0 Å². The van der Waals surface area contributed by atoms with Gasteiger partial charge in [-0.15, -0.1) is 0 Å². The zero-order chi connectivity index (χ0) is 18.4. The summed E-state index contributed by atoms with van der Waals surface area (Å²) in [6.07, 6.45) is 3.03. The molecule has 2 N–H and O–H groups in total. The highest BCUT2D eigenvalue weighted by molar-refractivity contribution is 5.55. The molecule has 0 spiro atoms. The third-order valence-corrected chi connectivity index (χ3v) is 4.99.